The van der Waals surface area contributed by atoms with E-state index in [1.54, 1.807) is 25.2 Å². The summed E-state index contributed by atoms with van der Waals surface area (Å²) in [5.74, 6) is -2.33. The maximum atomic E-state index is 12.1. The van der Waals surface area contributed by atoms with Crippen molar-refractivity contribution in [3.8, 4) is 0 Å². The fraction of sp³-hybridized carbons (Fsp3) is 0.286. The first-order chi connectivity index (χ1) is 9.68. The molecular formula is C14H15F3N2O2. The molecule has 114 valence electrons. The molecule has 0 heterocycles. The minimum atomic E-state index is -4.94. The van der Waals surface area contributed by atoms with Crippen molar-refractivity contribution in [2.75, 3.05) is 5.32 Å². The van der Waals surface area contributed by atoms with Gasteiger partial charge in [0.05, 0.1) is 0 Å². The van der Waals surface area contributed by atoms with Crippen LogP contribution in [0.5, 0.6) is 0 Å². The third-order valence-electron chi connectivity index (χ3n) is 2.33. The molecule has 0 spiro atoms. The average molecular weight is 300 g/mol. The highest BCUT2D eigenvalue weighted by molar-refractivity contribution is 5.95. The molecule has 0 unspecified atom stereocenters. The van der Waals surface area contributed by atoms with Crippen molar-refractivity contribution in [2.24, 2.45) is 0 Å². The molecule has 21 heavy (non-hydrogen) atoms. The van der Waals surface area contributed by atoms with Gasteiger partial charge in [0, 0.05) is 18.3 Å². The van der Waals surface area contributed by atoms with Gasteiger partial charge in [-0.2, -0.15) is 13.2 Å². The number of rotatable bonds is 4. The van der Waals surface area contributed by atoms with E-state index in [1.807, 2.05) is 0 Å². The Morgan fingerprint density at radius 1 is 1.24 bits per heavy atom. The van der Waals surface area contributed by atoms with Crippen LogP contribution in [0.4, 0.5) is 18.9 Å². The van der Waals surface area contributed by atoms with Gasteiger partial charge in [-0.25, -0.2) is 0 Å². The van der Waals surface area contributed by atoms with Gasteiger partial charge in [-0.15, -0.1) is 0 Å². The monoisotopic (exact) mass is 300 g/mol. The van der Waals surface area contributed by atoms with Crippen LogP contribution < -0.4 is 10.6 Å². The summed E-state index contributed by atoms with van der Waals surface area (Å²) in [5.41, 5.74) is 1.43. The smallest absolute Gasteiger partial charge is 0.348 e. The molecule has 0 aromatic heterocycles. The number of alkyl halides is 3. The highest BCUT2D eigenvalue weighted by Crippen LogP contribution is 2.18. The number of allylic oxidation sites excluding steroid dienone is 1. The summed E-state index contributed by atoms with van der Waals surface area (Å²) in [5, 5.41) is 4.34. The molecule has 0 aliphatic heterocycles. The van der Waals surface area contributed by atoms with E-state index in [1.165, 1.54) is 24.3 Å². The molecule has 2 N–H and O–H groups in total. The molecule has 1 aromatic rings. The third-order valence-corrected chi connectivity index (χ3v) is 2.33. The number of benzene rings is 1. The summed E-state index contributed by atoms with van der Waals surface area (Å²) >= 11 is 0. The Hall–Kier alpha value is -2.31. The van der Waals surface area contributed by atoms with Crippen molar-refractivity contribution in [1.82, 2.24) is 5.32 Å². The van der Waals surface area contributed by atoms with Gasteiger partial charge < -0.3 is 10.6 Å². The van der Waals surface area contributed by atoms with Crippen LogP contribution in [0.2, 0.25) is 0 Å². The second kappa shape index (κ2) is 6.92. The van der Waals surface area contributed by atoms with Crippen LogP contribution in [0.3, 0.4) is 0 Å². The maximum Gasteiger partial charge on any atom is 0.471 e. The fourth-order valence-corrected chi connectivity index (χ4v) is 1.46. The van der Waals surface area contributed by atoms with Gasteiger partial charge in [0.15, 0.2) is 0 Å². The van der Waals surface area contributed by atoms with Crippen LogP contribution in [0.25, 0.3) is 0 Å². The second-order valence-corrected chi connectivity index (χ2v) is 4.59. The summed E-state index contributed by atoms with van der Waals surface area (Å²) in [6.07, 6.45) is -3.52. The largest absolute Gasteiger partial charge is 0.471 e. The number of carbonyl (C=O) groups is 2. The number of hydrogen-bond donors (Lipinski definition) is 2. The Labute approximate surface area is 120 Å². The lowest BCUT2D eigenvalue weighted by Crippen LogP contribution is -2.30. The Morgan fingerprint density at radius 2 is 1.90 bits per heavy atom. The van der Waals surface area contributed by atoms with Gasteiger partial charge in [-0.3, -0.25) is 9.59 Å². The number of carbonyl (C=O) groups excluding carboxylic acids is 2. The third kappa shape index (κ3) is 6.11. The van der Waals surface area contributed by atoms with Gasteiger partial charge in [-0.1, -0.05) is 17.7 Å². The van der Waals surface area contributed by atoms with Crippen molar-refractivity contribution in [3.05, 3.63) is 41.5 Å². The van der Waals surface area contributed by atoms with E-state index in [2.05, 4.69) is 5.32 Å². The van der Waals surface area contributed by atoms with E-state index in [4.69, 9.17) is 0 Å². The molecule has 0 radical (unpaired) electrons. The van der Waals surface area contributed by atoms with Crippen LogP contribution in [-0.2, 0) is 16.1 Å². The Morgan fingerprint density at radius 3 is 2.48 bits per heavy atom. The van der Waals surface area contributed by atoms with E-state index in [0.29, 0.717) is 5.56 Å². The first-order valence-corrected chi connectivity index (χ1v) is 6.08. The summed E-state index contributed by atoms with van der Waals surface area (Å²) in [7, 11) is 0. The van der Waals surface area contributed by atoms with Crippen LogP contribution in [0, 0.1) is 0 Å². The molecule has 0 aliphatic rings. The standard InChI is InChI=1S/C14H15F3N2O2/c1-9(2)6-12(20)18-8-10-4-3-5-11(7-10)19-13(21)14(15,16)17/h3-7H,8H2,1-2H3,(H,18,20)(H,19,21). The van der Waals surface area contributed by atoms with Gasteiger partial charge >= 0.3 is 12.1 Å². The number of halogens is 3. The van der Waals surface area contributed by atoms with Crippen molar-refractivity contribution in [3.63, 3.8) is 0 Å². The predicted molar refractivity (Wildman–Crippen MR) is 72.4 cm³/mol. The number of nitrogens with one attached hydrogen (secondary N) is 2. The minimum absolute atomic E-state index is 0.0197. The van der Waals surface area contributed by atoms with Crippen LogP contribution in [0.1, 0.15) is 19.4 Å². The average Bonchev–Trinajstić information content (AvgIpc) is 2.35. The van der Waals surface area contributed by atoms with Gasteiger partial charge in [-0.05, 0) is 31.5 Å². The lowest BCUT2D eigenvalue weighted by atomic mass is 10.2. The molecule has 0 saturated carbocycles. The van der Waals surface area contributed by atoms with E-state index < -0.39 is 12.1 Å². The van der Waals surface area contributed by atoms with Gasteiger partial charge in [0.25, 0.3) is 0 Å². The highest BCUT2D eigenvalue weighted by atomic mass is 19.4. The lowest BCUT2D eigenvalue weighted by molar-refractivity contribution is -0.167. The highest BCUT2D eigenvalue weighted by Gasteiger charge is 2.38. The molecule has 0 bridgehead atoms. The maximum absolute atomic E-state index is 12.1. The van der Waals surface area contributed by atoms with Crippen LogP contribution in [-0.4, -0.2) is 18.0 Å². The molecule has 0 fully saturated rings. The van der Waals surface area contributed by atoms with Gasteiger partial charge in [0.1, 0.15) is 0 Å². The zero-order valence-corrected chi connectivity index (χ0v) is 11.5. The molecular weight excluding hydrogens is 285 g/mol. The summed E-state index contributed by atoms with van der Waals surface area (Å²) in [6.45, 7) is 3.69. The molecule has 0 saturated heterocycles. The van der Waals surface area contributed by atoms with Crippen molar-refractivity contribution < 1.29 is 22.8 Å². The number of anilines is 1. The predicted octanol–water partition coefficient (Wildman–Crippen LogP) is 2.77. The van der Waals surface area contributed by atoms with Crippen LogP contribution >= 0.6 is 0 Å². The Balaban J connectivity index is 2.67. The van der Waals surface area contributed by atoms with Gasteiger partial charge in [0.2, 0.25) is 5.91 Å². The van der Waals surface area contributed by atoms with E-state index in [0.717, 1.165) is 5.57 Å². The van der Waals surface area contributed by atoms with E-state index in [-0.39, 0.29) is 18.1 Å². The first kappa shape index (κ1) is 16.7. The second-order valence-electron chi connectivity index (χ2n) is 4.59. The molecule has 4 nitrogen and oxygen atoms in total. The number of hydrogen-bond acceptors (Lipinski definition) is 2. The normalized spacial score (nSPS) is 10.7. The van der Waals surface area contributed by atoms with E-state index in [9.17, 15) is 22.8 Å². The molecule has 7 heteroatoms. The summed E-state index contributed by atoms with van der Waals surface area (Å²) in [6, 6.07) is 5.83. The summed E-state index contributed by atoms with van der Waals surface area (Å²) in [4.78, 5) is 22.2. The Kier molecular flexibility index (Phi) is 5.52. The summed E-state index contributed by atoms with van der Waals surface area (Å²) < 4.78 is 36.4. The lowest BCUT2D eigenvalue weighted by Gasteiger charge is -2.09. The van der Waals surface area contributed by atoms with E-state index >= 15 is 0 Å². The zero-order valence-electron chi connectivity index (χ0n) is 11.5. The van der Waals surface area contributed by atoms with Crippen molar-refractivity contribution >= 4 is 17.5 Å². The Bertz CT molecular complexity index is 562. The molecule has 0 aliphatic carbocycles. The van der Waals surface area contributed by atoms with Crippen LogP contribution in [0.15, 0.2) is 35.9 Å². The quantitative estimate of drug-likeness (QED) is 0.840. The fourth-order valence-electron chi connectivity index (χ4n) is 1.46. The molecule has 0 atom stereocenters. The SMILES string of the molecule is CC(C)=CC(=O)NCc1cccc(NC(=O)C(F)(F)F)c1. The molecule has 2 amide bonds. The minimum Gasteiger partial charge on any atom is -0.348 e. The first-order valence-electron chi connectivity index (χ1n) is 6.08. The topological polar surface area (TPSA) is 58.2 Å². The van der Waals surface area contributed by atoms with Crippen molar-refractivity contribution in [2.45, 2.75) is 26.6 Å². The number of amides is 2. The molecule has 1 aromatic carbocycles. The molecule has 1 rings (SSSR count). The zero-order chi connectivity index (χ0) is 16.0. The van der Waals surface area contributed by atoms with Crippen molar-refractivity contribution in [1.29, 1.82) is 0 Å².